The van der Waals surface area contributed by atoms with Crippen LogP contribution in [-0.4, -0.2) is 61.3 Å². The SMILES string of the molecule is Cc1nnc(C(C)C)n1C1C[C@H]2CC[C@@H](C1)N2CC[C@H](NC(=O)[C@H]1CCC(F)(F)C[C@@H]1O)c1ccccc1. The molecule has 2 N–H and O–H groups in total. The number of carbonyl (C=O) groups is 1. The number of piperidine rings is 1. The molecule has 2 aromatic rings. The van der Waals surface area contributed by atoms with Crippen molar-refractivity contribution in [2.75, 3.05) is 6.54 Å². The van der Waals surface area contributed by atoms with E-state index < -0.39 is 24.4 Å². The topological polar surface area (TPSA) is 83.3 Å². The van der Waals surface area contributed by atoms with Crippen LogP contribution in [0, 0.1) is 12.8 Å². The Bertz CT molecular complexity index is 1090. The van der Waals surface area contributed by atoms with Gasteiger partial charge >= 0.3 is 0 Å². The van der Waals surface area contributed by atoms with Crippen LogP contribution in [0.15, 0.2) is 30.3 Å². The van der Waals surface area contributed by atoms with Crippen LogP contribution < -0.4 is 5.32 Å². The minimum absolute atomic E-state index is 0.0000598. The lowest BCUT2D eigenvalue weighted by molar-refractivity contribution is -0.140. The van der Waals surface area contributed by atoms with Crippen molar-refractivity contribution in [1.82, 2.24) is 25.0 Å². The quantitative estimate of drug-likeness (QED) is 0.507. The lowest BCUT2D eigenvalue weighted by Crippen LogP contribution is -2.47. The molecule has 2 bridgehead atoms. The second kappa shape index (κ2) is 11.0. The molecule has 208 valence electrons. The molecule has 9 heteroatoms. The highest BCUT2D eigenvalue weighted by atomic mass is 19.3. The fraction of sp³-hybridized carbons (Fsp3) is 0.690. The zero-order chi connectivity index (χ0) is 27.0. The van der Waals surface area contributed by atoms with Gasteiger partial charge < -0.3 is 15.0 Å². The number of amides is 1. The van der Waals surface area contributed by atoms with Crippen molar-refractivity contribution in [3.05, 3.63) is 47.5 Å². The summed E-state index contributed by atoms with van der Waals surface area (Å²) in [6.07, 6.45) is 2.89. The molecule has 1 saturated carbocycles. The normalized spacial score (nSPS) is 29.9. The molecule has 3 heterocycles. The number of aryl methyl sites for hydroxylation is 1. The number of benzene rings is 1. The van der Waals surface area contributed by atoms with E-state index in [1.807, 2.05) is 37.3 Å². The fourth-order valence-electron chi connectivity index (χ4n) is 7.03. The van der Waals surface area contributed by atoms with Crippen LogP contribution >= 0.6 is 0 Å². The van der Waals surface area contributed by atoms with Gasteiger partial charge in [0.1, 0.15) is 11.6 Å². The number of alkyl halides is 2. The largest absolute Gasteiger partial charge is 0.392 e. The number of nitrogens with one attached hydrogen (secondary N) is 1. The van der Waals surface area contributed by atoms with E-state index >= 15 is 0 Å². The van der Waals surface area contributed by atoms with Crippen LogP contribution in [0.2, 0.25) is 0 Å². The predicted molar refractivity (Wildman–Crippen MR) is 141 cm³/mol. The van der Waals surface area contributed by atoms with Crippen molar-refractivity contribution >= 4 is 5.91 Å². The zero-order valence-electron chi connectivity index (χ0n) is 22.7. The van der Waals surface area contributed by atoms with Gasteiger partial charge in [-0.1, -0.05) is 44.2 Å². The number of halogens is 2. The predicted octanol–water partition coefficient (Wildman–Crippen LogP) is 4.92. The van der Waals surface area contributed by atoms with E-state index in [4.69, 9.17) is 0 Å². The molecule has 1 amide bonds. The van der Waals surface area contributed by atoms with E-state index in [2.05, 4.69) is 38.8 Å². The first kappa shape index (κ1) is 27.2. The fourth-order valence-corrected chi connectivity index (χ4v) is 7.03. The molecule has 1 aromatic heterocycles. The minimum atomic E-state index is -2.90. The van der Waals surface area contributed by atoms with Crippen molar-refractivity contribution < 1.29 is 18.7 Å². The van der Waals surface area contributed by atoms with Gasteiger partial charge in [0.25, 0.3) is 5.92 Å². The highest BCUT2D eigenvalue weighted by molar-refractivity contribution is 5.79. The zero-order valence-corrected chi connectivity index (χ0v) is 22.7. The van der Waals surface area contributed by atoms with Crippen LogP contribution in [0.5, 0.6) is 0 Å². The summed E-state index contributed by atoms with van der Waals surface area (Å²) in [5, 5.41) is 22.2. The van der Waals surface area contributed by atoms with Gasteiger partial charge in [-0.05, 0) is 51.0 Å². The number of rotatable bonds is 8. The summed E-state index contributed by atoms with van der Waals surface area (Å²) in [6.45, 7) is 7.23. The minimum Gasteiger partial charge on any atom is -0.392 e. The molecule has 6 atom stereocenters. The molecule has 1 unspecified atom stereocenters. The van der Waals surface area contributed by atoms with Crippen LogP contribution in [-0.2, 0) is 4.79 Å². The molecule has 0 spiro atoms. The molecule has 2 saturated heterocycles. The monoisotopic (exact) mass is 529 g/mol. The molecule has 7 nitrogen and oxygen atoms in total. The van der Waals surface area contributed by atoms with E-state index in [9.17, 15) is 18.7 Å². The molecule has 0 radical (unpaired) electrons. The highest BCUT2D eigenvalue weighted by Crippen LogP contribution is 2.42. The first-order valence-electron chi connectivity index (χ1n) is 14.2. The molecule has 3 fully saturated rings. The maximum Gasteiger partial charge on any atom is 0.250 e. The van der Waals surface area contributed by atoms with Gasteiger partial charge in [-0.2, -0.15) is 0 Å². The lowest BCUT2D eigenvalue weighted by Gasteiger charge is -2.41. The number of aliphatic hydroxyl groups is 1. The standard InChI is InChI=1S/C29H41F2N5O2/c1-18(2)27-34-33-19(3)36(27)23-15-21-9-10-22(16-23)35(21)14-12-25(20-7-5-4-6-8-20)32-28(38)24-11-13-29(30,31)17-26(24)37/h4-8,18,21-26,37H,9-17H2,1-3H3,(H,32,38)/t21-,22+,23?,24-,25-,26-/m0/s1. The summed E-state index contributed by atoms with van der Waals surface area (Å²) in [4.78, 5) is 15.8. The van der Waals surface area contributed by atoms with Gasteiger partial charge in [0.15, 0.2) is 0 Å². The Morgan fingerprint density at radius 3 is 2.42 bits per heavy atom. The summed E-state index contributed by atoms with van der Waals surface area (Å²) in [7, 11) is 0. The third-order valence-corrected chi connectivity index (χ3v) is 8.96. The molecule has 38 heavy (non-hydrogen) atoms. The van der Waals surface area contributed by atoms with E-state index in [1.54, 1.807) is 0 Å². The van der Waals surface area contributed by atoms with Gasteiger partial charge in [-0.3, -0.25) is 9.69 Å². The van der Waals surface area contributed by atoms with Crippen molar-refractivity contribution in [2.45, 2.75) is 114 Å². The van der Waals surface area contributed by atoms with Crippen molar-refractivity contribution in [3.8, 4) is 0 Å². The number of hydrogen-bond donors (Lipinski definition) is 2. The summed E-state index contributed by atoms with van der Waals surface area (Å²) in [6, 6.07) is 11.0. The van der Waals surface area contributed by atoms with Gasteiger partial charge in [0.05, 0.1) is 18.1 Å². The Morgan fingerprint density at radius 2 is 1.79 bits per heavy atom. The van der Waals surface area contributed by atoms with E-state index in [-0.39, 0.29) is 24.8 Å². The Labute approximate surface area is 224 Å². The molecular formula is C29H41F2N5O2. The number of nitrogens with zero attached hydrogens (tertiary/aromatic N) is 4. The second-order valence-corrected chi connectivity index (χ2v) is 11.9. The summed E-state index contributed by atoms with van der Waals surface area (Å²) < 4.78 is 29.8. The van der Waals surface area contributed by atoms with Crippen molar-refractivity contribution in [1.29, 1.82) is 0 Å². The summed E-state index contributed by atoms with van der Waals surface area (Å²) in [5.74, 6) is -1.64. The third kappa shape index (κ3) is 5.64. The van der Waals surface area contributed by atoms with Gasteiger partial charge in [0, 0.05) is 43.4 Å². The number of aromatic nitrogens is 3. The van der Waals surface area contributed by atoms with E-state index in [1.165, 1.54) is 12.8 Å². The molecule has 3 aliphatic rings. The highest BCUT2D eigenvalue weighted by Gasteiger charge is 2.44. The Balaban J connectivity index is 1.25. The van der Waals surface area contributed by atoms with Crippen LogP contribution in [0.3, 0.4) is 0 Å². The number of carbonyl (C=O) groups excluding carboxylic acids is 1. The smallest absolute Gasteiger partial charge is 0.250 e. The van der Waals surface area contributed by atoms with Crippen LogP contribution in [0.25, 0.3) is 0 Å². The average Bonchev–Trinajstić information content (AvgIpc) is 3.37. The van der Waals surface area contributed by atoms with E-state index in [0.29, 0.717) is 24.0 Å². The summed E-state index contributed by atoms with van der Waals surface area (Å²) in [5.41, 5.74) is 1.00. The maximum absolute atomic E-state index is 13.7. The average molecular weight is 530 g/mol. The molecule has 1 aromatic carbocycles. The molecule has 1 aliphatic carbocycles. The maximum atomic E-state index is 13.7. The van der Waals surface area contributed by atoms with Gasteiger partial charge in [-0.25, -0.2) is 8.78 Å². The number of aliphatic hydroxyl groups excluding tert-OH is 1. The van der Waals surface area contributed by atoms with Crippen LogP contribution in [0.4, 0.5) is 8.78 Å². The molecule has 2 aliphatic heterocycles. The Hall–Kier alpha value is -2.39. The van der Waals surface area contributed by atoms with Gasteiger partial charge in [-0.15, -0.1) is 10.2 Å². The first-order valence-corrected chi connectivity index (χ1v) is 14.2. The Kier molecular flexibility index (Phi) is 7.87. The van der Waals surface area contributed by atoms with E-state index in [0.717, 1.165) is 43.0 Å². The van der Waals surface area contributed by atoms with Gasteiger partial charge in [0.2, 0.25) is 5.91 Å². The Morgan fingerprint density at radius 1 is 1.11 bits per heavy atom. The molecular weight excluding hydrogens is 488 g/mol. The van der Waals surface area contributed by atoms with Crippen molar-refractivity contribution in [2.24, 2.45) is 5.92 Å². The number of hydrogen-bond acceptors (Lipinski definition) is 5. The molecule has 5 rings (SSSR count). The second-order valence-electron chi connectivity index (χ2n) is 11.9. The number of fused-ring (bicyclic) bond motifs is 2. The van der Waals surface area contributed by atoms with Crippen molar-refractivity contribution in [3.63, 3.8) is 0 Å². The van der Waals surface area contributed by atoms with Crippen LogP contribution in [0.1, 0.15) is 100 Å². The summed E-state index contributed by atoms with van der Waals surface area (Å²) >= 11 is 0. The first-order chi connectivity index (χ1) is 18.1. The lowest BCUT2D eigenvalue weighted by atomic mass is 9.83. The third-order valence-electron chi connectivity index (χ3n) is 8.96.